The van der Waals surface area contributed by atoms with Crippen LogP contribution in [-0.4, -0.2) is 33.0 Å². The first-order valence-electron chi connectivity index (χ1n) is 4.68. The summed E-state index contributed by atoms with van der Waals surface area (Å²) < 4.78 is 0. The number of hydrogen-bond donors (Lipinski definition) is 1. The van der Waals surface area contributed by atoms with Gasteiger partial charge in [0.2, 0.25) is 0 Å². The summed E-state index contributed by atoms with van der Waals surface area (Å²) in [5.41, 5.74) is 0.719. The van der Waals surface area contributed by atoms with Gasteiger partial charge in [-0.2, -0.15) is 5.10 Å². The van der Waals surface area contributed by atoms with Gasteiger partial charge >= 0.3 is 5.97 Å². The number of aromatic nitrogens is 2. The average Bonchev–Trinajstić information content (AvgIpc) is 2.79. The number of aryl methyl sites for hydroxylation is 1. The van der Waals surface area contributed by atoms with Gasteiger partial charge in [0.25, 0.3) is 11.8 Å². The number of nitrogens with zero attached hydrogens (tertiary/aromatic N) is 2. The Morgan fingerprint density at radius 2 is 2.06 bits per heavy atom. The molecule has 1 aliphatic rings. The molecule has 1 fully saturated rings. The molecule has 16 heavy (non-hydrogen) atoms. The molecule has 1 aromatic heterocycles. The quantitative estimate of drug-likeness (QED) is 0.709. The number of carbonyl (C=O) groups excluding carboxylic acids is 3. The lowest BCUT2D eigenvalue weighted by Crippen LogP contribution is -2.32. The molecule has 2 rings (SSSR count). The van der Waals surface area contributed by atoms with Crippen molar-refractivity contribution in [2.24, 2.45) is 0 Å². The number of hydrogen-bond acceptors (Lipinski definition) is 5. The van der Waals surface area contributed by atoms with Crippen LogP contribution in [0.15, 0.2) is 6.07 Å². The lowest BCUT2D eigenvalue weighted by molar-refractivity contribution is -0.172. The van der Waals surface area contributed by atoms with Gasteiger partial charge in [-0.05, 0) is 13.0 Å². The molecule has 2 amide bonds. The van der Waals surface area contributed by atoms with Crippen LogP contribution in [0.25, 0.3) is 0 Å². The van der Waals surface area contributed by atoms with Gasteiger partial charge in [-0.1, -0.05) is 0 Å². The molecule has 7 nitrogen and oxygen atoms in total. The molecule has 0 bridgehead atoms. The van der Waals surface area contributed by atoms with E-state index in [1.165, 1.54) is 6.07 Å². The van der Waals surface area contributed by atoms with Crippen molar-refractivity contribution in [2.75, 3.05) is 0 Å². The van der Waals surface area contributed by atoms with Crippen LogP contribution >= 0.6 is 0 Å². The Bertz CT molecular complexity index is 449. The predicted molar refractivity (Wildman–Crippen MR) is 49.8 cm³/mol. The van der Waals surface area contributed by atoms with Crippen molar-refractivity contribution in [3.63, 3.8) is 0 Å². The molecule has 84 valence electrons. The zero-order valence-corrected chi connectivity index (χ0v) is 8.52. The molecule has 0 radical (unpaired) electrons. The van der Waals surface area contributed by atoms with Crippen LogP contribution in [0.2, 0.25) is 0 Å². The van der Waals surface area contributed by atoms with Crippen LogP contribution in [0.1, 0.15) is 29.0 Å². The standard InChI is InChI=1S/C9H9N3O4/c1-5-4-6(11-10-5)9(15)16-12-7(13)2-3-8(12)14/h4H,2-3H2,1H3,(H,10,11). The summed E-state index contributed by atoms with van der Waals surface area (Å²) in [6, 6.07) is 1.47. The molecule has 1 aromatic rings. The zero-order chi connectivity index (χ0) is 11.7. The first-order chi connectivity index (χ1) is 7.58. The van der Waals surface area contributed by atoms with E-state index in [1.54, 1.807) is 6.92 Å². The average molecular weight is 223 g/mol. The van der Waals surface area contributed by atoms with Gasteiger partial charge in [-0.15, -0.1) is 5.06 Å². The van der Waals surface area contributed by atoms with Crippen LogP contribution in [0, 0.1) is 6.92 Å². The van der Waals surface area contributed by atoms with Gasteiger partial charge in [0.1, 0.15) is 5.69 Å². The van der Waals surface area contributed by atoms with E-state index in [-0.39, 0.29) is 18.5 Å². The van der Waals surface area contributed by atoms with Gasteiger partial charge in [-0.3, -0.25) is 14.7 Å². The maximum Gasteiger partial charge on any atom is 0.381 e. The fraction of sp³-hybridized carbons (Fsp3) is 0.333. The highest BCUT2D eigenvalue weighted by Gasteiger charge is 2.33. The van der Waals surface area contributed by atoms with Gasteiger partial charge < -0.3 is 4.84 Å². The van der Waals surface area contributed by atoms with Crippen molar-refractivity contribution in [2.45, 2.75) is 19.8 Å². The van der Waals surface area contributed by atoms with Gasteiger partial charge in [0.05, 0.1) is 5.69 Å². The van der Waals surface area contributed by atoms with Crippen molar-refractivity contribution < 1.29 is 19.2 Å². The zero-order valence-electron chi connectivity index (χ0n) is 8.52. The molecular formula is C9H9N3O4. The van der Waals surface area contributed by atoms with E-state index in [9.17, 15) is 14.4 Å². The number of H-pyrrole nitrogens is 1. The van der Waals surface area contributed by atoms with Gasteiger partial charge in [-0.25, -0.2) is 4.79 Å². The third kappa shape index (κ3) is 1.79. The minimum absolute atomic E-state index is 0.0775. The van der Waals surface area contributed by atoms with E-state index in [4.69, 9.17) is 0 Å². The van der Waals surface area contributed by atoms with E-state index >= 15 is 0 Å². The predicted octanol–water partition coefficient (Wildman–Crippen LogP) is -0.0611. The van der Waals surface area contributed by atoms with Crippen molar-refractivity contribution >= 4 is 17.8 Å². The summed E-state index contributed by atoms with van der Waals surface area (Å²) in [5.74, 6) is -1.81. The monoisotopic (exact) mass is 223 g/mol. The van der Waals surface area contributed by atoms with E-state index in [0.29, 0.717) is 10.8 Å². The Morgan fingerprint density at radius 3 is 2.56 bits per heavy atom. The number of nitrogens with one attached hydrogen (secondary N) is 1. The number of aromatic amines is 1. The highest BCUT2D eigenvalue weighted by molar-refractivity contribution is 6.02. The summed E-state index contributed by atoms with van der Waals surface area (Å²) in [6.45, 7) is 1.69. The Labute approximate surface area is 90.3 Å². The molecule has 0 unspecified atom stereocenters. The number of carbonyl (C=O) groups is 3. The van der Waals surface area contributed by atoms with Crippen LogP contribution in [-0.2, 0) is 14.4 Å². The fourth-order valence-electron chi connectivity index (χ4n) is 1.32. The topological polar surface area (TPSA) is 92.4 Å². The summed E-state index contributed by atoms with van der Waals surface area (Å²) in [5, 5.41) is 6.67. The summed E-state index contributed by atoms with van der Waals surface area (Å²) in [6.07, 6.45) is 0.155. The molecule has 1 N–H and O–H groups in total. The SMILES string of the molecule is Cc1cc(C(=O)ON2C(=O)CCC2=O)[nH]n1. The van der Waals surface area contributed by atoms with E-state index in [0.717, 1.165) is 0 Å². The molecule has 0 atom stereocenters. The van der Waals surface area contributed by atoms with Crippen molar-refractivity contribution in [1.82, 2.24) is 15.3 Å². The fourth-order valence-corrected chi connectivity index (χ4v) is 1.32. The van der Waals surface area contributed by atoms with Crippen molar-refractivity contribution in [3.05, 3.63) is 17.5 Å². The molecule has 0 aliphatic carbocycles. The van der Waals surface area contributed by atoms with E-state index < -0.39 is 17.8 Å². The lowest BCUT2D eigenvalue weighted by Gasteiger charge is -2.11. The molecule has 0 aromatic carbocycles. The molecule has 0 saturated carbocycles. The molecule has 0 spiro atoms. The number of amides is 2. The van der Waals surface area contributed by atoms with Gasteiger partial charge in [0.15, 0.2) is 0 Å². The summed E-state index contributed by atoms with van der Waals surface area (Å²) in [7, 11) is 0. The maximum absolute atomic E-state index is 11.5. The van der Waals surface area contributed by atoms with Crippen LogP contribution in [0.5, 0.6) is 0 Å². The first-order valence-corrected chi connectivity index (χ1v) is 4.68. The molecule has 1 aliphatic heterocycles. The minimum Gasteiger partial charge on any atom is -0.323 e. The first kappa shape index (κ1) is 10.3. The number of hydroxylamine groups is 2. The van der Waals surface area contributed by atoms with E-state index in [1.807, 2.05) is 0 Å². The second-order valence-corrected chi connectivity index (χ2v) is 3.38. The second-order valence-electron chi connectivity index (χ2n) is 3.38. The van der Waals surface area contributed by atoms with Crippen LogP contribution < -0.4 is 0 Å². The minimum atomic E-state index is -0.802. The summed E-state index contributed by atoms with van der Waals surface area (Å²) in [4.78, 5) is 38.4. The van der Waals surface area contributed by atoms with Crippen LogP contribution in [0.4, 0.5) is 0 Å². The lowest BCUT2D eigenvalue weighted by atomic mass is 10.4. The largest absolute Gasteiger partial charge is 0.381 e. The van der Waals surface area contributed by atoms with Crippen LogP contribution in [0.3, 0.4) is 0 Å². The highest BCUT2D eigenvalue weighted by atomic mass is 16.7. The Balaban J connectivity index is 2.08. The normalized spacial score (nSPS) is 15.7. The van der Waals surface area contributed by atoms with Gasteiger partial charge in [0, 0.05) is 12.8 Å². The molecule has 2 heterocycles. The highest BCUT2D eigenvalue weighted by Crippen LogP contribution is 2.13. The molecular weight excluding hydrogens is 214 g/mol. The molecule has 1 saturated heterocycles. The molecule has 7 heteroatoms. The Morgan fingerprint density at radius 1 is 1.44 bits per heavy atom. The third-order valence-corrected chi connectivity index (χ3v) is 2.11. The smallest absolute Gasteiger partial charge is 0.323 e. The summed E-state index contributed by atoms with van der Waals surface area (Å²) >= 11 is 0. The number of imide groups is 1. The number of rotatable bonds is 2. The maximum atomic E-state index is 11.5. The van der Waals surface area contributed by atoms with Crippen molar-refractivity contribution in [3.8, 4) is 0 Å². The second kappa shape index (κ2) is 3.76. The third-order valence-electron chi connectivity index (χ3n) is 2.11. The Kier molecular flexibility index (Phi) is 2.43. The van der Waals surface area contributed by atoms with E-state index in [2.05, 4.69) is 15.0 Å². The Hall–Kier alpha value is -2.18. The van der Waals surface area contributed by atoms with Crippen molar-refractivity contribution in [1.29, 1.82) is 0 Å².